The van der Waals surface area contributed by atoms with Gasteiger partial charge in [0, 0.05) is 30.2 Å². The van der Waals surface area contributed by atoms with Crippen LogP contribution in [0.2, 0.25) is 0 Å². The number of hydrogen-bond donors (Lipinski definition) is 2. The van der Waals surface area contributed by atoms with E-state index >= 15 is 0 Å². The molecule has 0 radical (unpaired) electrons. The van der Waals surface area contributed by atoms with Crippen molar-refractivity contribution in [2.75, 3.05) is 7.05 Å². The number of aryl methyl sites for hydroxylation is 1. The van der Waals surface area contributed by atoms with E-state index in [0.717, 1.165) is 29.2 Å². The zero-order valence-electron chi connectivity index (χ0n) is 8.78. The van der Waals surface area contributed by atoms with Gasteiger partial charge in [-0.3, -0.25) is 15.1 Å². The highest BCUT2D eigenvalue weighted by Gasteiger charge is 2.12. The van der Waals surface area contributed by atoms with Crippen molar-refractivity contribution in [3.05, 3.63) is 29.8 Å². The molecule has 0 bridgehead atoms. The maximum atomic E-state index is 4.24. The molecule has 15 heavy (non-hydrogen) atoms. The lowest BCUT2D eigenvalue weighted by molar-refractivity contribution is 0.813. The second-order valence-corrected chi connectivity index (χ2v) is 3.30. The molecule has 0 atom stereocenters. The minimum absolute atomic E-state index is 0.772. The molecule has 0 fully saturated rings. The number of nitrogens with zero attached hydrogens (tertiary/aromatic N) is 3. The molecule has 2 aromatic rings. The molecule has 5 nitrogen and oxygen atoms in total. The third-order valence-electron chi connectivity index (χ3n) is 2.23. The van der Waals surface area contributed by atoms with Crippen molar-refractivity contribution in [3.8, 4) is 11.4 Å². The fourth-order valence-electron chi connectivity index (χ4n) is 1.48. The van der Waals surface area contributed by atoms with E-state index in [1.54, 1.807) is 18.6 Å². The lowest BCUT2D eigenvalue weighted by Crippen LogP contribution is -2.06. The van der Waals surface area contributed by atoms with E-state index in [0.29, 0.717) is 0 Å². The van der Waals surface area contributed by atoms with Crippen LogP contribution >= 0.6 is 0 Å². The van der Waals surface area contributed by atoms with E-state index in [1.807, 2.05) is 14.0 Å². The summed E-state index contributed by atoms with van der Waals surface area (Å²) in [5, 5.41) is 10.3. The summed E-state index contributed by atoms with van der Waals surface area (Å²) in [5.74, 6) is 0. The van der Waals surface area contributed by atoms with Gasteiger partial charge < -0.3 is 5.32 Å². The molecule has 0 aliphatic rings. The van der Waals surface area contributed by atoms with Gasteiger partial charge in [0.15, 0.2) is 0 Å². The van der Waals surface area contributed by atoms with Gasteiger partial charge in [0.25, 0.3) is 0 Å². The normalized spacial score (nSPS) is 10.5. The summed E-state index contributed by atoms with van der Waals surface area (Å²) in [7, 11) is 1.91. The molecule has 2 heterocycles. The molecule has 2 rings (SSSR count). The summed E-state index contributed by atoms with van der Waals surface area (Å²) < 4.78 is 0. The topological polar surface area (TPSA) is 66.5 Å². The van der Waals surface area contributed by atoms with Gasteiger partial charge >= 0.3 is 0 Å². The van der Waals surface area contributed by atoms with Gasteiger partial charge in [-0.25, -0.2) is 0 Å². The molecular formula is C10H13N5. The highest BCUT2D eigenvalue weighted by atomic mass is 15.1. The summed E-state index contributed by atoms with van der Waals surface area (Å²) in [4.78, 5) is 8.27. The summed E-state index contributed by atoms with van der Waals surface area (Å²) >= 11 is 0. The van der Waals surface area contributed by atoms with Crippen molar-refractivity contribution in [1.82, 2.24) is 25.5 Å². The SMILES string of the molecule is CNCc1c(-c2cnccn2)n[nH]c1C. The molecular weight excluding hydrogens is 190 g/mol. The van der Waals surface area contributed by atoms with Gasteiger partial charge in [0.05, 0.1) is 6.20 Å². The van der Waals surface area contributed by atoms with Gasteiger partial charge in [-0.05, 0) is 14.0 Å². The molecule has 0 saturated carbocycles. The zero-order valence-corrected chi connectivity index (χ0v) is 8.78. The van der Waals surface area contributed by atoms with Crippen molar-refractivity contribution < 1.29 is 0 Å². The maximum Gasteiger partial charge on any atom is 0.117 e. The standard InChI is InChI=1S/C10H13N5/c1-7-8(5-11-2)10(15-14-7)9-6-12-3-4-13-9/h3-4,6,11H,5H2,1-2H3,(H,14,15). The molecule has 0 unspecified atom stereocenters. The maximum absolute atomic E-state index is 4.24. The average Bonchev–Trinajstić information content (AvgIpc) is 2.63. The first kappa shape index (κ1) is 9.79. The zero-order chi connectivity index (χ0) is 10.7. The Morgan fingerprint density at radius 3 is 2.93 bits per heavy atom. The van der Waals surface area contributed by atoms with Gasteiger partial charge in [-0.2, -0.15) is 5.10 Å². The Hall–Kier alpha value is -1.75. The van der Waals surface area contributed by atoms with Crippen LogP contribution in [-0.2, 0) is 6.54 Å². The number of aromatic nitrogens is 4. The smallest absolute Gasteiger partial charge is 0.117 e. The Labute approximate surface area is 88.0 Å². The van der Waals surface area contributed by atoms with Crippen LogP contribution in [0.25, 0.3) is 11.4 Å². The number of hydrogen-bond acceptors (Lipinski definition) is 4. The number of rotatable bonds is 3. The predicted molar refractivity (Wildman–Crippen MR) is 57.1 cm³/mol. The molecule has 0 spiro atoms. The highest BCUT2D eigenvalue weighted by molar-refractivity contribution is 5.58. The van der Waals surface area contributed by atoms with Gasteiger partial charge in [0.2, 0.25) is 0 Å². The first-order valence-electron chi connectivity index (χ1n) is 4.77. The van der Waals surface area contributed by atoms with Crippen molar-refractivity contribution in [3.63, 3.8) is 0 Å². The van der Waals surface area contributed by atoms with E-state index in [9.17, 15) is 0 Å². The van der Waals surface area contributed by atoms with Crippen LogP contribution in [-0.4, -0.2) is 27.2 Å². The average molecular weight is 203 g/mol. The fourth-order valence-corrected chi connectivity index (χ4v) is 1.48. The van der Waals surface area contributed by atoms with Crippen LogP contribution in [0.4, 0.5) is 0 Å². The number of H-pyrrole nitrogens is 1. The molecule has 2 N–H and O–H groups in total. The van der Waals surface area contributed by atoms with Crippen molar-refractivity contribution >= 4 is 0 Å². The Morgan fingerprint density at radius 1 is 1.40 bits per heavy atom. The molecule has 0 aromatic carbocycles. The third-order valence-corrected chi connectivity index (χ3v) is 2.23. The number of nitrogens with one attached hydrogen (secondary N) is 2. The summed E-state index contributed by atoms with van der Waals surface area (Å²) in [6, 6.07) is 0. The summed E-state index contributed by atoms with van der Waals surface area (Å²) in [6.45, 7) is 2.77. The molecule has 2 aromatic heterocycles. The predicted octanol–water partition coefficient (Wildman–Crippen LogP) is 0.895. The van der Waals surface area contributed by atoms with Crippen LogP contribution < -0.4 is 5.32 Å². The second-order valence-electron chi connectivity index (χ2n) is 3.30. The molecule has 78 valence electrons. The lowest BCUT2D eigenvalue weighted by atomic mass is 10.1. The van der Waals surface area contributed by atoms with Crippen LogP contribution in [0.15, 0.2) is 18.6 Å². The highest BCUT2D eigenvalue weighted by Crippen LogP contribution is 2.20. The van der Waals surface area contributed by atoms with Crippen LogP contribution in [0.5, 0.6) is 0 Å². The van der Waals surface area contributed by atoms with Crippen molar-refractivity contribution in [2.45, 2.75) is 13.5 Å². The Bertz CT molecular complexity index is 434. The van der Waals surface area contributed by atoms with E-state index in [-0.39, 0.29) is 0 Å². The molecule has 0 aliphatic heterocycles. The summed E-state index contributed by atoms with van der Waals surface area (Å²) in [5.41, 5.74) is 3.87. The monoisotopic (exact) mass is 203 g/mol. The molecule has 0 amide bonds. The molecule has 5 heteroatoms. The summed E-state index contributed by atoms with van der Waals surface area (Å²) in [6.07, 6.45) is 5.04. The van der Waals surface area contributed by atoms with E-state index in [4.69, 9.17) is 0 Å². The van der Waals surface area contributed by atoms with E-state index in [2.05, 4.69) is 25.5 Å². The van der Waals surface area contributed by atoms with Crippen LogP contribution in [0.1, 0.15) is 11.3 Å². The molecule has 0 saturated heterocycles. The van der Waals surface area contributed by atoms with Crippen LogP contribution in [0.3, 0.4) is 0 Å². The van der Waals surface area contributed by atoms with Crippen molar-refractivity contribution in [1.29, 1.82) is 0 Å². The number of aromatic amines is 1. The second kappa shape index (κ2) is 4.18. The first-order valence-corrected chi connectivity index (χ1v) is 4.77. The Morgan fingerprint density at radius 2 is 2.27 bits per heavy atom. The minimum Gasteiger partial charge on any atom is -0.316 e. The largest absolute Gasteiger partial charge is 0.316 e. The Balaban J connectivity index is 2.44. The fraction of sp³-hybridized carbons (Fsp3) is 0.300. The van der Waals surface area contributed by atoms with Gasteiger partial charge in [-0.15, -0.1) is 0 Å². The van der Waals surface area contributed by atoms with Gasteiger partial charge in [0.1, 0.15) is 11.4 Å². The molecule has 0 aliphatic carbocycles. The van der Waals surface area contributed by atoms with E-state index in [1.165, 1.54) is 0 Å². The quantitative estimate of drug-likeness (QED) is 0.777. The van der Waals surface area contributed by atoms with Gasteiger partial charge in [-0.1, -0.05) is 0 Å². The van der Waals surface area contributed by atoms with E-state index < -0.39 is 0 Å². The lowest BCUT2D eigenvalue weighted by Gasteiger charge is -2.01. The van der Waals surface area contributed by atoms with Crippen LogP contribution in [0, 0.1) is 6.92 Å². The first-order chi connectivity index (χ1) is 7.33. The minimum atomic E-state index is 0.772. The third kappa shape index (κ3) is 1.87. The van der Waals surface area contributed by atoms with Crippen molar-refractivity contribution in [2.24, 2.45) is 0 Å². The Kier molecular flexibility index (Phi) is 2.73.